The second-order valence-electron chi connectivity index (χ2n) is 6.22. The van der Waals surface area contributed by atoms with E-state index in [1.807, 2.05) is 18.2 Å². The fourth-order valence-corrected chi connectivity index (χ4v) is 3.31. The van der Waals surface area contributed by atoms with Crippen LogP contribution in [0.2, 0.25) is 5.02 Å². The maximum atomic E-state index is 12.9. The van der Waals surface area contributed by atoms with Gasteiger partial charge in [0.15, 0.2) is 11.5 Å². The number of carbonyl (C=O) groups is 1. The van der Waals surface area contributed by atoms with Crippen molar-refractivity contribution in [2.24, 2.45) is 0 Å². The molecule has 0 radical (unpaired) electrons. The predicted octanol–water partition coefficient (Wildman–Crippen LogP) is 3.67. The Kier molecular flexibility index (Phi) is 5.02. The normalized spacial score (nSPS) is 16.5. The standard InChI is InChI=1S/C19H17ClN4O3/c20-13-8-14(11-21-10-13)26-12-15-9-17(23-27-15)19(25)24-7-3-5-18(24)16-4-1-2-6-22-16/h1-2,4,6,8-11,18H,3,5,7,12H2/t18-/m1/s1. The number of nitrogens with zero attached hydrogens (tertiary/aromatic N) is 4. The van der Waals surface area contributed by atoms with Gasteiger partial charge >= 0.3 is 0 Å². The van der Waals surface area contributed by atoms with Gasteiger partial charge in [0.05, 0.1) is 23.0 Å². The Labute approximate surface area is 160 Å². The highest BCUT2D eigenvalue weighted by Crippen LogP contribution is 2.31. The van der Waals surface area contributed by atoms with Crippen LogP contribution in [-0.4, -0.2) is 32.5 Å². The quantitative estimate of drug-likeness (QED) is 0.667. The molecule has 0 N–H and O–H groups in total. The van der Waals surface area contributed by atoms with Crippen LogP contribution in [0.4, 0.5) is 0 Å². The first-order valence-corrected chi connectivity index (χ1v) is 8.99. The largest absolute Gasteiger partial charge is 0.484 e. The molecule has 1 amide bonds. The van der Waals surface area contributed by atoms with Gasteiger partial charge in [0.1, 0.15) is 12.4 Å². The maximum Gasteiger partial charge on any atom is 0.276 e. The summed E-state index contributed by atoms with van der Waals surface area (Å²) in [5.74, 6) is 0.802. The van der Waals surface area contributed by atoms with Gasteiger partial charge in [-0.25, -0.2) is 0 Å². The molecule has 0 aliphatic carbocycles. The van der Waals surface area contributed by atoms with E-state index in [0.29, 0.717) is 23.1 Å². The molecule has 7 nitrogen and oxygen atoms in total. The van der Waals surface area contributed by atoms with Gasteiger partial charge in [-0.2, -0.15) is 0 Å². The van der Waals surface area contributed by atoms with Gasteiger partial charge in [-0.1, -0.05) is 22.8 Å². The van der Waals surface area contributed by atoms with Gasteiger partial charge in [0.2, 0.25) is 0 Å². The maximum absolute atomic E-state index is 12.9. The molecular formula is C19H17ClN4O3. The zero-order chi connectivity index (χ0) is 18.6. The van der Waals surface area contributed by atoms with Crippen LogP contribution >= 0.6 is 11.6 Å². The van der Waals surface area contributed by atoms with E-state index in [0.717, 1.165) is 18.5 Å². The zero-order valence-corrected chi connectivity index (χ0v) is 15.2. The Balaban J connectivity index is 1.44. The molecule has 1 atom stereocenters. The van der Waals surface area contributed by atoms with E-state index in [2.05, 4.69) is 15.1 Å². The van der Waals surface area contributed by atoms with Gasteiger partial charge in [0, 0.05) is 31.1 Å². The van der Waals surface area contributed by atoms with E-state index in [1.54, 1.807) is 29.4 Å². The number of amides is 1. The van der Waals surface area contributed by atoms with Crippen molar-refractivity contribution in [1.29, 1.82) is 0 Å². The molecule has 3 aromatic rings. The van der Waals surface area contributed by atoms with Gasteiger partial charge in [-0.3, -0.25) is 14.8 Å². The summed E-state index contributed by atoms with van der Waals surface area (Å²) in [6.45, 7) is 0.804. The smallest absolute Gasteiger partial charge is 0.276 e. The van der Waals surface area contributed by atoms with E-state index in [9.17, 15) is 4.79 Å². The molecule has 4 rings (SSSR count). The molecule has 27 heavy (non-hydrogen) atoms. The van der Waals surface area contributed by atoms with Crippen LogP contribution < -0.4 is 4.74 Å². The zero-order valence-electron chi connectivity index (χ0n) is 14.4. The summed E-state index contributed by atoms with van der Waals surface area (Å²) in [7, 11) is 0. The highest BCUT2D eigenvalue weighted by molar-refractivity contribution is 6.30. The summed E-state index contributed by atoms with van der Waals surface area (Å²) < 4.78 is 10.8. The van der Waals surface area contributed by atoms with E-state index in [1.165, 1.54) is 6.20 Å². The van der Waals surface area contributed by atoms with E-state index >= 15 is 0 Å². The molecule has 1 aliphatic rings. The fourth-order valence-electron chi connectivity index (χ4n) is 3.15. The molecule has 138 valence electrons. The predicted molar refractivity (Wildman–Crippen MR) is 97.3 cm³/mol. The van der Waals surface area contributed by atoms with Crippen molar-refractivity contribution >= 4 is 17.5 Å². The average molecular weight is 385 g/mol. The van der Waals surface area contributed by atoms with Crippen LogP contribution in [0, 0.1) is 0 Å². The Bertz CT molecular complexity index is 931. The minimum absolute atomic E-state index is 0.0346. The Hall–Kier alpha value is -2.93. The van der Waals surface area contributed by atoms with Gasteiger partial charge < -0.3 is 14.2 Å². The third-order valence-electron chi connectivity index (χ3n) is 4.38. The van der Waals surface area contributed by atoms with Gasteiger partial charge in [-0.05, 0) is 25.0 Å². The molecule has 0 unspecified atom stereocenters. The Morgan fingerprint density at radius 3 is 3.07 bits per heavy atom. The third kappa shape index (κ3) is 3.93. The van der Waals surface area contributed by atoms with Crippen molar-refractivity contribution in [3.05, 3.63) is 71.1 Å². The molecular weight excluding hydrogens is 368 g/mol. The minimum atomic E-state index is -0.164. The van der Waals surface area contributed by atoms with Crippen molar-refractivity contribution in [2.45, 2.75) is 25.5 Å². The van der Waals surface area contributed by atoms with Crippen LogP contribution in [0.5, 0.6) is 5.75 Å². The van der Waals surface area contributed by atoms with Crippen molar-refractivity contribution < 1.29 is 14.1 Å². The lowest BCUT2D eigenvalue weighted by molar-refractivity contribution is 0.0722. The lowest BCUT2D eigenvalue weighted by atomic mass is 10.1. The van der Waals surface area contributed by atoms with Crippen LogP contribution in [-0.2, 0) is 6.61 Å². The molecule has 4 heterocycles. The molecule has 1 saturated heterocycles. The fraction of sp³-hybridized carbons (Fsp3) is 0.263. The van der Waals surface area contributed by atoms with E-state index in [-0.39, 0.29) is 24.2 Å². The number of aromatic nitrogens is 3. The highest BCUT2D eigenvalue weighted by atomic mass is 35.5. The molecule has 1 aliphatic heterocycles. The number of rotatable bonds is 5. The molecule has 0 bridgehead atoms. The summed E-state index contributed by atoms with van der Waals surface area (Å²) >= 11 is 5.88. The lowest BCUT2D eigenvalue weighted by Gasteiger charge is -2.23. The van der Waals surface area contributed by atoms with Crippen LogP contribution in [0.3, 0.4) is 0 Å². The van der Waals surface area contributed by atoms with Crippen molar-refractivity contribution in [1.82, 2.24) is 20.0 Å². The highest BCUT2D eigenvalue weighted by Gasteiger charge is 2.32. The summed E-state index contributed by atoms with van der Waals surface area (Å²) in [6, 6.07) is 8.96. The molecule has 8 heteroatoms. The number of halogens is 1. The van der Waals surface area contributed by atoms with Gasteiger partial charge in [0.25, 0.3) is 5.91 Å². The first-order chi connectivity index (χ1) is 13.2. The topological polar surface area (TPSA) is 81.3 Å². The summed E-state index contributed by atoms with van der Waals surface area (Å²) in [5.41, 5.74) is 1.16. The number of pyridine rings is 2. The Morgan fingerprint density at radius 1 is 1.33 bits per heavy atom. The van der Waals surface area contributed by atoms with Crippen molar-refractivity contribution in [2.75, 3.05) is 6.54 Å². The van der Waals surface area contributed by atoms with E-state index < -0.39 is 0 Å². The second kappa shape index (κ2) is 7.75. The molecule has 0 aromatic carbocycles. The van der Waals surface area contributed by atoms with E-state index in [4.69, 9.17) is 20.9 Å². The second-order valence-corrected chi connectivity index (χ2v) is 6.65. The molecule has 1 fully saturated rings. The van der Waals surface area contributed by atoms with Crippen LogP contribution in [0.1, 0.15) is 40.8 Å². The summed E-state index contributed by atoms with van der Waals surface area (Å²) in [6.07, 6.45) is 6.64. The SMILES string of the molecule is O=C(c1cc(COc2cncc(Cl)c2)on1)N1CCC[C@@H]1c1ccccn1. The molecule has 3 aromatic heterocycles. The van der Waals surface area contributed by atoms with Crippen molar-refractivity contribution in [3.63, 3.8) is 0 Å². The summed E-state index contributed by atoms with van der Waals surface area (Å²) in [4.78, 5) is 23.0. The molecule has 0 spiro atoms. The number of hydrogen-bond donors (Lipinski definition) is 0. The summed E-state index contributed by atoms with van der Waals surface area (Å²) in [5, 5.41) is 4.39. The van der Waals surface area contributed by atoms with Gasteiger partial charge in [-0.15, -0.1) is 0 Å². The first kappa shape index (κ1) is 17.5. The van der Waals surface area contributed by atoms with Crippen LogP contribution in [0.15, 0.2) is 53.4 Å². The Morgan fingerprint density at radius 2 is 2.26 bits per heavy atom. The lowest BCUT2D eigenvalue weighted by Crippen LogP contribution is -2.31. The number of hydrogen-bond acceptors (Lipinski definition) is 6. The van der Waals surface area contributed by atoms with Crippen molar-refractivity contribution in [3.8, 4) is 5.75 Å². The third-order valence-corrected chi connectivity index (χ3v) is 4.59. The van der Waals surface area contributed by atoms with Crippen LogP contribution in [0.25, 0.3) is 0 Å². The number of likely N-dealkylation sites (tertiary alicyclic amines) is 1. The molecule has 0 saturated carbocycles. The average Bonchev–Trinajstić information content (AvgIpc) is 3.36. The number of ether oxygens (including phenoxy) is 1. The monoisotopic (exact) mass is 384 g/mol. The number of carbonyl (C=O) groups excluding carboxylic acids is 1. The minimum Gasteiger partial charge on any atom is -0.484 e. The first-order valence-electron chi connectivity index (χ1n) is 8.61.